The van der Waals surface area contributed by atoms with E-state index in [1.54, 1.807) is 29.3 Å². The van der Waals surface area contributed by atoms with Gasteiger partial charge in [0.05, 0.1) is 32.5 Å². The number of anilines is 2. The smallest absolute Gasteiger partial charge is 0.324 e. The molecule has 0 unspecified atom stereocenters. The minimum atomic E-state index is -2.33. The van der Waals surface area contributed by atoms with Crippen LogP contribution in [-0.2, 0) is 0 Å². The Morgan fingerprint density at radius 2 is 1.71 bits per heavy atom. The fourth-order valence-corrected chi connectivity index (χ4v) is 12.3. The van der Waals surface area contributed by atoms with E-state index in [9.17, 15) is 9.59 Å². The summed E-state index contributed by atoms with van der Waals surface area (Å²) in [4.78, 5) is 35.0. The van der Waals surface area contributed by atoms with Crippen molar-refractivity contribution in [3.63, 3.8) is 0 Å². The topological polar surface area (TPSA) is 74.8 Å². The van der Waals surface area contributed by atoms with Crippen molar-refractivity contribution in [1.82, 2.24) is 9.88 Å². The normalized spacial score (nSPS) is 14.2. The molecular formula is C31H40Cl2N4O3Si. The third-order valence-electron chi connectivity index (χ3n) is 8.32. The number of carbonyl (C=O) groups is 2. The average Bonchev–Trinajstić information content (AvgIpc) is 3.27. The lowest BCUT2D eigenvalue weighted by Gasteiger charge is -2.42. The first-order valence-electron chi connectivity index (χ1n) is 14.3. The van der Waals surface area contributed by atoms with Gasteiger partial charge < -0.3 is 14.6 Å². The fourth-order valence-electron chi connectivity index (χ4n) is 6.40. The number of benzene rings is 2. The molecule has 3 amide bonds. The molecule has 10 heteroatoms. The Morgan fingerprint density at radius 1 is 1.05 bits per heavy atom. The second-order valence-electron chi connectivity index (χ2n) is 11.6. The van der Waals surface area contributed by atoms with Gasteiger partial charge in [-0.2, -0.15) is 0 Å². The SMILES string of the molecule is CCN1CCN(c2c(C)cnc3c(NC(=O)c4c(Cl)ccc(O[Si](C(C)C)(C(C)C)C(C)C)c4Cl)cccc23)C1=O. The lowest BCUT2D eigenvalue weighted by atomic mass is 10.1. The van der Waals surface area contributed by atoms with E-state index in [4.69, 9.17) is 27.6 Å². The first-order chi connectivity index (χ1) is 19.3. The summed E-state index contributed by atoms with van der Waals surface area (Å²) in [6.07, 6.45) is 1.73. The number of para-hydroxylation sites is 1. The van der Waals surface area contributed by atoms with Gasteiger partial charge in [0.25, 0.3) is 14.2 Å². The highest BCUT2D eigenvalue weighted by atomic mass is 35.5. The van der Waals surface area contributed by atoms with Gasteiger partial charge in [-0.3, -0.25) is 14.7 Å². The molecule has 1 aliphatic heterocycles. The summed E-state index contributed by atoms with van der Waals surface area (Å²) in [6, 6.07) is 8.95. The first-order valence-corrected chi connectivity index (χ1v) is 17.2. The minimum absolute atomic E-state index is 0.0308. The molecule has 1 fully saturated rings. The predicted octanol–water partition coefficient (Wildman–Crippen LogP) is 8.92. The number of nitrogens with zero attached hydrogens (tertiary/aromatic N) is 3. The Balaban J connectivity index is 1.73. The van der Waals surface area contributed by atoms with E-state index in [1.807, 2.05) is 30.9 Å². The van der Waals surface area contributed by atoms with Gasteiger partial charge in [-0.05, 0) is 54.2 Å². The highest BCUT2D eigenvalue weighted by Gasteiger charge is 2.47. The van der Waals surface area contributed by atoms with Crippen LogP contribution in [0.3, 0.4) is 0 Å². The van der Waals surface area contributed by atoms with Crippen LogP contribution in [0.15, 0.2) is 36.5 Å². The Labute approximate surface area is 254 Å². The number of likely N-dealkylation sites (N-methyl/N-ethyl adjacent to an activating group) is 1. The number of hydrogen-bond donors (Lipinski definition) is 1. The van der Waals surface area contributed by atoms with Gasteiger partial charge in [-0.15, -0.1) is 0 Å². The number of urea groups is 1. The molecule has 0 aliphatic carbocycles. The van der Waals surface area contributed by atoms with Crippen LogP contribution in [0.2, 0.25) is 26.7 Å². The molecule has 1 N–H and O–H groups in total. The molecular weight excluding hydrogens is 575 g/mol. The van der Waals surface area contributed by atoms with Crippen LogP contribution in [0.4, 0.5) is 16.2 Å². The monoisotopic (exact) mass is 614 g/mol. The largest absolute Gasteiger partial charge is 0.542 e. The van der Waals surface area contributed by atoms with E-state index in [0.717, 1.165) is 16.6 Å². The zero-order valence-corrected chi connectivity index (χ0v) is 27.7. The molecule has 1 saturated heterocycles. The molecule has 1 aromatic heterocycles. The minimum Gasteiger partial charge on any atom is -0.542 e. The van der Waals surface area contributed by atoms with E-state index in [-0.39, 0.29) is 21.6 Å². The van der Waals surface area contributed by atoms with Crippen LogP contribution in [0.5, 0.6) is 5.75 Å². The molecule has 2 aromatic carbocycles. The fraction of sp³-hybridized carbons (Fsp3) is 0.452. The molecule has 2 heterocycles. The van der Waals surface area contributed by atoms with Gasteiger partial charge in [0, 0.05) is 31.2 Å². The summed E-state index contributed by atoms with van der Waals surface area (Å²) in [7, 11) is -2.33. The Morgan fingerprint density at radius 3 is 2.29 bits per heavy atom. The lowest BCUT2D eigenvalue weighted by molar-refractivity contribution is 0.102. The number of amides is 3. The second kappa shape index (κ2) is 12.2. The third kappa shape index (κ3) is 5.54. The zero-order chi connectivity index (χ0) is 30.2. The number of carbonyl (C=O) groups excluding carboxylic acids is 2. The summed E-state index contributed by atoms with van der Waals surface area (Å²) >= 11 is 13.4. The summed E-state index contributed by atoms with van der Waals surface area (Å²) < 4.78 is 6.81. The highest BCUT2D eigenvalue weighted by Crippen LogP contribution is 2.45. The van der Waals surface area contributed by atoms with Crippen molar-refractivity contribution < 1.29 is 14.0 Å². The Hall–Kier alpha value is -2.81. The number of aromatic nitrogens is 1. The van der Waals surface area contributed by atoms with Gasteiger partial charge in [0.1, 0.15) is 5.75 Å². The quantitative estimate of drug-likeness (QED) is 0.244. The van der Waals surface area contributed by atoms with Gasteiger partial charge in [0.2, 0.25) is 0 Å². The maximum atomic E-state index is 13.7. The number of pyridine rings is 1. The molecule has 0 saturated carbocycles. The van der Waals surface area contributed by atoms with Crippen LogP contribution in [0, 0.1) is 6.92 Å². The molecule has 1 aliphatic rings. The van der Waals surface area contributed by atoms with E-state index in [2.05, 4.69) is 51.8 Å². The van der Waals surface area contributed by atoms with Gasteiger partial charge in [-0.25, -0.2) is 4.79 Å². The van der Waals surface area contributed by atoms with Crippen LogP contribution in [-0.4, -0.2) is 49.8 Å². The van der Waals surface area contributed by atoms with E-state index >= 15 is 0 Å². The average molecular weight is 616 g/mol. The number of rotatable bonds is 9. The van der Waals surface area contributed by atoms with E-state index in [0.29, 0.717) is 53.2 Å². The Kier molecular flexibility index (Phi) is 9.26. The van der Waals surface area contributed by atoms with Crippen molar-refractivity contribution in [2.24, 2.45) is 0 Å². The summed E-state index contributed by atoms with van der Waals surface area (Å²) in [5, 5.41) is 4.19. The van der Waals surface area contributed by atoms with E-state index < -0.39 is 14.2 Å². The maximum Gasteiger partial charge on any atom is 0.324 e. The van der Waals surface area contributed by atoms with Crippen LogP contribution < -0.4 is 14.6 Å². The van der Waals surface area contributed by atoms with E-state index in [1.165, 1.54) is 0 Å². The van der Waals surface area contributed by atoms with Gasteiger partial charge in [0.15, 0.2) is 0 Å². The molecule has 0 bridgehead atoms. The molecule has 41 heavy (non-hydrogen) atoms. The molecule has 0 radical (unpaired) electrons. The zero-order valence-electron chi connectivity index (χ0n) is 25.1. The number of halogens is 2. The van der Waals surface area contributed by atoms with Crippen molar-refractivity contribution in [2.45, 2.75) is 72.0 Å². The van der Waals surface area contributed by atoms with Crippen molar-refractivity contribution in [2.75, 3.05) is 29.9 Å². The van der Waals surface area contributed by atoms with Crippen molar-refractivity contribution in [1.29, 1.82) is 0 Å². The molecule has 220 valence electrons. The summed E-state index contributed by atoms with van der Waals surface area (Å²) in [6.45, 7) is 19.0. The third-order valence-corrected chi connectivity index (χ3v) is 15.0. The first kappa shape index (κ1) is 31.1. The van der Waals surface area contributed by atoms with Gasteiger partial charge in [-0.1, -0.05) is 76.9 Å². The molecule has 4 rings (SSSR count). The van der Waals surface area contributed by atoms with Crippen LogP contribution >= 0.6 is 23.2 Å². The lowest BCUT2D eigenvalue weighted by Crippen LogP contribution is -2.50. The Bertz CT molecular complexity index is 1460. The van der Waals surface area contributed by atoms with Crippen molar-refractivity contribution >= 4 is 65.7 Å². The summed E-state index contributed by atoms with van der Waals surface area (Å²) in [5.74, 6) is 0.0214. The second-order valence-corrected chi connectivity index (χ2v) is 17.8. The number of aryl methyl sites for hydroxylation is 1. The predicted molar refractivity (Wildman–Crippen MR) is 173 cm³/mol. The van der Waals surface area contributed by atoms with Crippen LogP contribution in [0.1, 0.15) is 64.4 Å². The molecule has 3 aromatic rings. The van der Waals surface area contributed by atoms with Crippen LogP contribution in [0.25, 0.3) is 10.9 Å². The standard InChI is InChI=1S/C31H40Cl2N4O3Si/c1-9-36-15-16-37(31(36)39)29-21(8)17-34-28-22(29)11-10-12-24(28)35-30(38)26-23(32)13-14-25(27(26)33)40-41(18(2)3,19(4)5)20(6)7/h10-14,17-20H,9,15-16H2,1-8H3,(H,35,38). The number of fused-ring (bicyclic) bond motifs is 1. The molecule has 0 atom stereocenters. The molecule has 7 nitrogen and oxygen atoms in total. The van der Waals surface area contributed by atoms with Gasteiger partial charge >= 0.3 is 6.03 Å². The van der Waals surface area contributed by atoms with Crippen molar-refractivity contribution in [3.05, 3.63) is 57.7 Å². The van der Waals surface area contributed by atoms with Crippen molar-refractivity contribution in [3.8, 4) is 5.75 Å². The molecule has 0 spiro atoms. The number of nitrogens with one attached hydrogen (secondary N) is 1. The number of hydrogen-bond acceptors (Lipinski definition) is 4. The maximum absolute atomic E-state index is 13.7. The highest BCUT2D eigenvalue weighted by molar-refractivity contribution is 6.78. The summed E-state index contributed by atoms with van der Waals surface area (Å²) in [5.41, 5.74) is 3.92.